The van der Waals surface area contributed by atoms with Crippen LogP contribution in [-0.2, 0) is 19.1 Å². The lowest BCUT2D eigenvalue weighted by molar-refractivity contribution is -0.146. The van der Waals surface area contributed by atoms with Crippen molar-refractivity contribution < 1.29 is 19.1 Å². The van der Waals surface area contributed by atoms with Gasteiger partial charge < -0.3 is 10.1 Å². The Morgan fingerprint density at radius 3 is 2.32 bits per heavy atom. The van der Waals surface area contributed by atoms with Gasteiger partial charge in [-0.3, -0.25) is 9.59 Å². The quantitative estimate of drug-likeness (QED) is 0.413. The first-order valence-electron chi connectivity index (χ1n) is 9.02. The number of allylic oxidation sites excluding steroid dienone is 3. The van der Waals surface area contributed by atoms with Gasteiger partial charge in [-0.05, 0) is 30.3 Å². The Morgan fingerprint density at radius 2 is 1.80 bits per heavy atom. The third-order valence-electron chi connectivity index (χ3n) is 3.95. The van der Waals surface area contributed by atoms with Gasteiger partial charge in [0, 0.05) is 11.6 Å². The fourth-order valence-electron chi connectivity index (χ4n) is 2.55. The first-order chi connectivity index (χ1) is 11.6. The maximum Gasteiger partial charge on any atom is 0.328 e. The molecule has 1 atom stereocenters. The van der Waals surface area contributed by atoms with E-state index in [1.807, 2.05) is 41.5 Å². The molecule has 1 aliphatic rings. The highest BCUT2D eigenvalue weighted by Crippen LogP contribution is 2.29. The Balaban J connectivity index is 2.89. The molecule has 0 aliphatic heterocycles. The number of ether oxygens (including phenoxy) is 1. The smallest absolute Gasteiger partial charge is 0.328 e. The van der Waals surface area contributed by atoms with Crippen molar-refractivity contribution in [2.45, 2.75) is 66.8 Å². The molecule has 0 radical (unpaired) electrons. The minimum atomic E-state index is -0.635. The van der Waals surface area contributed by atoms with Crippen molar-refractivity contribution >= 4 is 17.5 Å². The lowest BCUT2D eigenvalue weighted by Crippen LogP contribution is -2.41. The summed E-state index contributed by atoms with van der Waals surface area (Å²) in [5, 5.41) is 2.94. The van der Waals surface area contributed by atoms with Gasteiger partial charge in [0.15, 0.2) is 5.78 Å². The Labute approximate surface area is 150 Å². The van der Waals surface area contributed by atoms with Gasteiger partial charge in [0.05, 0.1) is 12.3 Å². The maximum atomic E-state index is 12.4. The summed E-state index contributed by atoms with van der Waals surface area (Å²) in [5.74, 6) is -0.613. The third-order valence-corrected chi connectivity index (χ3v) is 3.95. The highest BCUT2D eigenvalue weighted by Gasteiger charge is 2.31. The van der Waals surface area contributed by atoms with Crippen LogP contribution in [0.2, 0.25) is 0 Å². The molecule has 0 saturated carbocycles. The summed E-state index contributed by atoms with van der Waals surface area (Å²) in [6, 6.07) is -0.635. The van der Waals surface area contributed by atoms with Gasteiger partial charge in [0.2, 0.25) is 5.78 Å². The number of ketones is 2. The molecule has 0 aromatic carbocycles. The van der Waals surface area contributed by atoms with E-state index in [9.17, 15) is 14.4 Å². The van der Waals surface area contributed by atoms with E-state index in [-0.39, 0.29) is 29.2 Å². The molecule has 140 valence electrons. The molecule has 1 N–H and O–H groups in total. The van der Waals surface area contributed by atoms with Crippen LogP contribution in [0.3, 0.4) is 0 Å². The summed E-state index contributed by atoms with van der Waals surface area (Å²) in [6.45, 7) is 12.1. The number of hydrogen-bond acceptors (Lipinski definition) is 5. The Hall–Kier alpha value is -1.91. The molecule has 1 rings (SSSR count). The van der Waals surface area contributed by atoms with Gasteiger partial charge in [-0.2, -0.15) is 0 Å². The number of esters is 1. The Kier molecular flexibility index (Phi) is 7.59. The highest BCUT2D eigenvalue weighted by molar-refractivity contribution is 6.20. The van der Waals surface area contributed by atoms with E-state index < -0.39 is 11.5 Å². The Bertz CT molecular complexity index is 579. The van der Waals surface area contributed by atoms with Crippen LogP contribution in [0.4, 0.5) is 0 Å². The number of unbranched alkanes of at least 4 members (excludes halogenated alkanes) is 1. The van der Waals surface area contributed by atoms with Crippen LogP contribution < -0.4 is 5.32 Å². The van der Waals surface area contributed by atoms with E-state index in [0.717, 1.165) is 12.8 Å². The summed E-state index contributed by atoms with van der Waals surface area (Å²) in [6.07, 6.45) is 4.95. The van der Waals surface area contributed by atoms with E-state index in [2.05, 4.69) is 5.32 Å². The zero-order valence-electron chi connectivity index (χ0n) is 16.3. The van der Waals surface area contributed by atoms with Crippen molar-refractivity contribution in [2.24, 2.45) is 11.3 Å². The van der Waals surface area contributed by atoms with E-state index in [1.54, 1.807) is 0 Å². The van der Waals surface area contributed by atoms with Crippen LogP contribution in [0.25, 0.3) is 0 Å². The molecule has 1 unspecified atom stereocenters. The number of carbonyl (C=O) groups excluding carboxylic acids is 3. The van der Waals surface area contributed by atoms with Crippen molar-refractivity contribution in [3.05, 3.63) is 23.4 Å². The van der Waals surface area contributed by atoms with Crippen molar-refractivity contribution in [1.29, 1.82) is 0 Å². The maximum absolute atomic E-state index is 12.4. The van der Waals surface area contributed by atoms with Crippen LogP contribution in [0.5, 0.6) is 0 Å². The van der Waals surface area contributed by atoms with Crippen LogP contribution in [0.1, 0.15) is 60.8 Å². The minimum absolute atomic E-state index is 0.163. The summed E-state index contributed by atoms with van der Waals surface area (Å²) in [7, 11) is 0. The second-order valence-electron chi connectivity index (χ2n) is 7.94. The van der Waals surface area contributed by atoms with E-state index >= 15 is 0 Å². The molecular formula is C20H31NO4. The van der Waals surface area contributed by atoms with E-state index in [1.165, 1.54) is 12.2 Å². The van der Waals surface area contributed by atoms with Gasteiger partial charge in [-0.25, -0.2) is 4.79 Å². The van der Waals surface area contributed by atoms with E-state index in [0.29, 0.717) is 18.6 Å². The standard InChI is InChI=1S/C20H31NO4/c1-7-8-9-25-19(24)16(10-13(2)3)21-15-12-17(22)14(11-18(15)23)20(4,5)6/h11-13,16,21H,7-10H2,1-6H3. The van der Waals surface area contributed by atoms with Gasteiger partial charge in [-0.15, -0.1) is 0 Å². The summed E-state index contributed by atoms with van der Waals surface area (Å²) in [5.41, 5.74) is 0.246. The molecule has 0 heterocycles. The predicted octanol–water partition coefficient (Wildman–Crippen LogP) is 3.34. The van der Waals surface area contributed by atoms with Crippen molar-refractivity contribution in [3.63, 3.8) is 0 Å². The summed E-state index contributed by atoms with van der Waals surface area (Å²) in [4.78, 5) is 37.0. The first-order valence-corrected chi connectivity index (χ1v) is 9.02. The fourth-order valence-corrected chi connectivity index (χ4v) is 2.55. The minimum Gasteiger partial charge on any atom is -0.464 e. The zero-order chi connectivity index (χ0) is 19.2. The molecule has 0 aromatic rings. The fraction of sp³-hybridized carbons (Fsp3) is 0.650. The molecular weight excluding hydrogens is 318 g/mol. The molecule has 0 amide bonds. The lowest BCUT2D eigenvalue weighted by Gasteiger charge is -2.26. The monoisotopic (exact) mass is 349 g/mol. The lowest BCUT2D eigenvalue weighted by atomic mass is 9.80. The largest absolute Gasteiger partial charge is 0.464 e. The molecule has 0 saturated heterocycles. The highest BCUT2D eigenvalue weighted by atomic mass is 16.5. The van der Waals surface area contributed by atoms with Crippen LogP contribution in [-0.4, -0.2) is 30.2 Å². The molecule has 0 bridgehead atoms. The SMILES string of the molecule is CCCCOC(=O)C(CC(C)C)NC1=CC(=O)C(C(C)(C)C)=CC1=O. The van der Waals surface area contributed by atoms with Crippen LogP contribution in [0.15, 0.2) is 23.4 Å². The average molecular weight is 349 g/mol. The van der Waals surface area contributed by atoms with Gasteiger partial charge in [0.25, 0.3) is 0 Å². The number of hydrogen-bond donors (Lipinski definition) is 1. The van der Waals surface area contributed by atoms with Gasteiger partial charge >= 0.3 is 5.97 Å². The molecule has 0 spiro atoms. The van der Waals surface area contributed by atoms with Crippen molar-refractivity contribution in [1.82, 2.24) is 5.32 Å². The summed E-state index contributed by atoms with van der Waals surface area (Å²) < 4.78 is 5.28. The molecule has 5 heteroatoms. The van der Waals surface area contributed by atoms with Crippen LogP contribution >= 0.6 is 0 Å². The topological polar surface area (TPSA) is 72.5 Å². The normalized spacial score (nSPS) is 16.4. The second kappa shape index (κ2) is 8.97. The predicted molar refractivity (Wildman–Crippen MR) is 97.9 cm³/mol. The molecule has 0 aromatic heterocycles. The number of nitrogens with one attached hydrogen (secondary N) is 1. The molecule has 25 heavy (non-hydrogen) atoms. The van der Waals surface area contributed by atoms with Gasteiger partial charge in [0.1, 0.15) is 6.04 Å². The van der Waals surface area contributed by atoms with Gasteiger partial charge in [-0.1, -0.05) is 48.0 Å². The third kappa shape index (κ3) is 6.48. The van der Waals surface area contributed by atoms with Crippen molar-refractivity contribution in [3.8, 4) is 0 Å². The first kappa shape index (κ1) is 21.1. The summed E-state index contributed by atoms with van der Waals surface area (Å²) >= 11 is 0. The number of rotatable bonds is 8. The van der Waals surface area contributed by atoms with E-state index in [4.69, 9.17) is 4.74 Å². The molecule has 1 aliphatic carbocycles. The average Bonchev–Trinajstić information content (AvgIpc) is 2.48. The zero-order valence-corrected chi connectivity index (χ0v) is 16.3. The molecule has 5 nitrogen and oxygen atoms in total. The Morgan fingerprint density at radius 1 is 1.16 bits per heavy atom. The van der Waals surface area contributed by atoms with Crippen molar-refractivity contribution in [2.75, 3.05) is 6.61 Å². The number of carbonyl (C=O) groups is 3. The molecule has 0 fully saturated rings. The second-order valence-corrected chi connectivity index (χ2v) is 7.94. The van der Waals surface area contributed by atoms with Crippen LogP contribution in [0, 0.1) is 11.3 Å².